The van der Waals surface area contributed by atoms with E-state index in [2.05, 4.69) is 5.32 Å². The maximum absolute atomic E-state index is 12.2. The predicted molar refractivity (Wildman–Crippen MR) is 106 cm³/mol. The molecule has 148 valence electrons. The number of aromatic carboxylic acids is 1. The van der Waals surface area contributed by atoms with Crippen LogP contribution in [0, 0.1) is 0 Å². The minimum Gasteiger partial charge on any atom is -0.478 e. The highest BCUT2D eigenvalue weighted by molar-refractivity contribution is 7.12. The number of nitrogens with one attached hydrogen (secondary N) is 1. The molecule has 0 unspecified atom stereocenters. The van der Waals surface area contributed by atoms with Gasteiger partial charge >= 0.3 is 12.1 Å². The van der Waals surface area contributed by atoms with Crippen molar-refractivity contribution in [1.29, 1.82) is 0 Å². The van der Waals surface area contributed by atoms with Crippen LogP contribution in [0.4, 0.5) is 16.2 Å². The number of carboxylic acids is 1. The fourth-order valence-electron chi connectivity index (χ4n) is 3.01. The smallest absolute Gasteiger partial charge is 0.409 e. The van der Waals surface area contributed by atoms with E-state index in [9.17, 15) is 19.5 Å². The lowest BCUT2D eigenvalue weighted by atomic mass is 10.1. The zero-order valence-corrected chi connectivity index (χ0v) is 16.2. The van der Waals surface area contributed by atoms with Gasteiger partial charge in [-0.1, -0.05) is 6.07 Å². The number of piperazine rings is 1. The van der Waals surface area contributed by atoms with Gasteiger partial charge in [0.15, 0.2) is 0 Å². The number of carbonyl (C=O) groups excluding carboxylic acids is 2. The third-order valence-electron chi connectivity index (χ3n) is 4.38. The van der Waals surface area contributed by atoms with Crippen LogP contribution in [0.5, 0.6) is 0 Å². The average Bonchev–Trinajstić information content (AvgIpc) is 3.23. The van der Waals surface area contributed by atoms with Crippen LogP contribution in [-0.2, 0) is 4.74 Å². The standard InChI is InChI=1S/C19H21N3O5S/c1-2-27-19(26)22-9-7-21(8-10-22)15-6-5-13(12-14(15)18(24)25)20-17(23)16-4-3-11-28-16/h3-6,11-12H,2,7-10H2,1H3,(H,20,23)(H,24,25). The number of hydrogen-bond acceptors (Lipinski definition) is 6. The summed E-state index contributed by atoms with van der Waals surface area (Å²) in [6.45, 7) is 3.98. The number of carboxylic acid groups (broad SMARTS) is 1. The summed E-state index contributed by atoms with van der Waals surface area (Å²) in [6.07, 6.45) is -0.354. The van der Waals surface area contributed by atoms with Crippen LogP contribution < -0.4 is 10.2 Å². The Bertz CT molecular complexity index is 860. The first-order valence-electron chi connectivity index (χ1n) is 8.88. The Balaban J connectivity index is 1.72. The van der Waals surface area contributed by atoms with Gasteiger partial charge in [-0.2, -0.15) is 0 Å². The lowest BCUT2D eigenvalue weighted by molar-refractivity contribution is 0.0696. The van der Waals surface area contributed by atoms with Crippen molar-refractivity contribution in [3.05, 3.63) is 46.2 Å². The number of ether oxygens (including phenoxy) is 1. The van der Waals surface area contributed by atoms with Crippen LogP contribution >= 0.6 is 11.3 Å². The molecule has 0 aliphatic carbocycles. The second-order valence-electron chi connectivity index (χ2n) is 6.14. The Morgan fingerprint density at radius 2 is 1.93 bits per heavy atom. The van der Waals surface area contributed by atoms with E-state index in [1.54, 1.807) is 41.5 Å². The molecule has 1 saturated heterocycles. The number of nitrogens with zero attached hydrogens (tertiary/aromatic N) is 2. The Labute approximate surface area is 166 Å². The Kier molecular flexibility index (Phi) is 6.15. The van der Waals surface area contributed by atoms with Gasteiger partial charge in [0.2, 0.25) is 0 Å². The van der Waals surface area contributed by atoms with Gasteiger partial charge in [0.1, 0.15) is 0 Å². The summed E-state index contributed by atoms with van der Waals surface area (Å²) in [5, 5.41) is 14.2. The zero-order chi connectivity index (χ0) is 20.1. The van der Waals surface area contributed by atoms with Crippen molar-refractivity contribution in [2.75, 3.05) is 43.0 Å². The monoisotopic (exact) mass is 403 g/mol. The first kappa shape index (κ1) is 19.7. The lowest BCUT2D eigenvalue weighted by Crippen LogP contribution is -2.49. The number of thiophene rings is 1. The molecule has 9 heteroatoms. The maximum Gasteiger partial charge on any atom is 0.409 e. The summed E-state index contributed by atoms with van der Waals surface area (Å²) in [4.78, 5) is 39.8. The quantitative estimate of drug-likeness (QED) is 0.796. The van der Waals surface area contributed by atoms with Crippen molar-refractivity contribution in [2.45, 2.75) is 6.92 Å². The second-order valence-corrected chi connectivity index (χ2v) is 7.09. The molecule has 2 aromatic rings. The van der Waals surface area contributed by atoms with Gasteiger partial charge in [-0.05, 0) is 36.6 Å². The molecule has 2 amide bonds. The average molecular weight is 403 g/mol. The molecule has 8 nitrogen and oxygen atoms in total. The van der Waals surface area contributed by atoms with Crippen molar-refractivity contribution in [3.8, 4) is 0 Å². The Morgan fingerprint density at radius 1 is 1.18 bits per heavy atom. The number of carbonyl (C=O) groups is 3. The highest BCUT2D eigenvalue weighted by Gasteiger charge is 2.25. The second kappa shape index (κ2) is 8.75. The van der Waals surface area contributed by atoms with E-state index in [1.807, 2.05) is 4.90 Å². The summed E-state index contributed by atoms with van der Waals surface area (Å²) < 4.78 is 5.00. The summed E-state index contributed by atoms with van der Waals surface area (Å²) in [5.41, 5.74) is 1.09. The highest BCUT2D eigenvalue weighted by Crippen LogP contribution is 2.26. The molecular weight excluding hydrogens is 382 g/mol. The molecule has 0 spiro atoms. The van der Waals surface area contributed by atoms with E-state index < -0.39 is 5.97 Å². The fraction of sp³-hybridized carbons (Fsp3) is 0.316. The number of anilines is 2. The zero-order valence-electron chi connectivity index (χ0n) is 15.4. The summed E-state index contributed by atoms with van der Waals surface area (Å²) >= 11 is 1.31. The minimum absolute atomic E-state index is 0.105. The topological polar surface area (TPSA) is 99.2 Å². The van der Waals surface area contributed by atoms with Crippen LogP contribution in [0.15, 0.2) is 35.7 Å². The van der Waals surface area contributed by atoms with E-state index >= 15 is 0 Å². The molecule has 0 atom stereocenters. The first-order chi connectivity index (χ1) is 13.5. The summed E-state index contributed by atoms with van der Waals surface area (Å²) in [6, 6.07) is 8.32. The molecule has 2 heterocycles. The Morgan fingerprint density at radius 3 is 2.54 bits per heavy atom. The van der Waals surface area contributed by atoms with E-state index in [1.165, 1.54) is 17.4 Å². The van der Waals surface area contributed by atoms with Crippen molar-refractivity contribution in [2.24, 2.45) is 0 Å². The number of rotatable bonds is 5. The van der Waals surface area contributed by atoms with E-state index in [0.29, 0.717) is 49.0 Å². The maximum atomic E-state index is 12.2. The largest absolute Gasteiger partial charge is 0.478 e. The van der Waals surface area contributed by atoms with Gasteiger partial charge in [0.25, 0.3) is 5.91 Å². The van der Waals surface area contributed by atoms with Crippen molar-refractivity contribution in [1.82, 2.24) is 4.90 Å². The molecule has 0 bridgehead atoms. The van der Waals surface area contributed by atoms with Crippen LogP contribution in [0.1, 0.15) is 27.0 Å². The SMILES string of the molecule is CCOC(=O)N1CCN(c2ccc(NC(=O)c3cccs3)cc2C(=O)O)CC1. The molecule has 0 radical (unpaired) electrons. The number of hydrogen-bond donors (Lipinski definition) is 2. The predicted octanol–water partition coefficient (Wildman–Crippen LogP) is 2.98. The Hall–Kier alpha value is -3.07. The van der Waals surface area contributed by atoms with Crippen LogP contribution in [-0.4, -0.2) is 60.8 Å². The van der Waals surface area contributed by atoms with Gasteiger partial charge in [0, 0.05) is 31.9 Å². The minimum atomic E-state index is -1.07. The molecule has 0 saturated carbocycles. The molecule has 1 fully saturated rings. The van der Waals surface area contributed by atoms with Crippen LogP contribution in [0.2, 0.25) is 0 Å². The molecule has 1 aromatic carbocycles. The lowest BCUT2D eigenvalue weighted by Gasteiger charge is -2.36. The van der Waals surface area contributed by atoms with E-state index in [4.69, 9.17) is 4.74 Å². The van der Waals surface area contributed by atoms with Crippen molar-refractivity contribution in [3.63, 3.8) is 0 Å². The van der Waals surface area contributed by atoms with Crippen LogP contribution in [0.25, 0.3) is 0 Å². The molecule has 28 heavy (non-hydrogen) atoms. The third-order valence-corrected chi connectivity index (χ3v) is 5.24. The van der Waals surface area contributed by atoms with Gasteiger partial charge in [-0.15, -0.1) is 11.3 Å². The first-order valence-corrected chi connectivity index (χ1v) is 9.76. The number of amides is 2. The molecule has 1 aromatic heterocycles. The normalized spacial score (nSPS) is 13.9. The molecule has 2 N–H and O–H groups in total. The summed E-state index contributed by atoms with van der Waals surface area (Å²) in [5.74, 6) is -1.35. The van der Waals surface area contributed by atoms with Gasteiger partial charge in [-0.25, -0.2) is 9.59 Å². The molecule has 3 rings (SSSR count). The van der Waals surface area contributed by atoms with Gasteiger partial charge < -0.3 is 25.0 Å². The fourth-order valence-corrected chi connectivity index (χ4v) is 3.62. The van der Waals surface area contributed by atoms with E-state index in [0.717, 1.165) is 0 Å². The molecule has 1 aliphatic heterocycles. The summed E-state index contributed by atoms with van der Waals surface area (Å²) in [7, 11) is 0. The van der Waals surface area contributed by atoms with Gasteiger partial charge in [0.05, 0.1) is 22.7 Å². The van der Waals surface area contributed by atoms with Gasteiger partial charge in [-0.3, -0.25) is 4.79 Å². The molecular formula is C19H21N3O5S. The van der Waals surface area contributed by atoms with Crippen molar-refractivity contribution >= 4 is 40.7 Å². The van der Waals surface area contributed by atoms with E-state index in [-0.39, 0.29) is 17.6 Å². The number of benzene rings is 1. The third kappa shape index (κ3) is 4.42. The van der Waals surface area contributed by atoms with Crippen molar-refractivity contribution < 1.29 is 24.2 Å². The highest BCUT2D eigenvalue weighted by atomic mass is 32.1. The van der Waals surface area contributed by atoms with Crippen LogP contribution in [0.3, 0.4) is 0 Å². The molecule has 1 aliphatic rings.